The summed E-state index contributed by atoms with van der Waals surface area (Å²) < 4.78 is 0. The van der Waals surface area contributed by atoms with Gasteiger partial charge in [0, 0.05) is 5.69 Å². The number of aliphatic carboxylic acids is 1. The van der Waals surface area contributed by atoms with Gasteiger partial charge in [0.15, 0.2) is 0 Å². The Kier molecular flexibility index (Phi) is 4.69. The molecule has 0 aliphatic carbocycles. The molecule has 1 atom stereocenters. The Morgan fingerprint density at radius 3 is 2.35 bits per heavy atom. The average Bonchev–Trinajstić information content (AvgIpc) is 2.28. The lowest BCUT2D eigenvalue weighted by molar-refractivity contribution is -0.139. The third-order valence-electron chi connectivity index (χ3n) is 2.69. The van der Waals surface area contributed by atoms with E-state index in [4.69, 9.17) is 5.11 Å². The second-order valence-corrected chi connectivity index (χ2v) is 4.05. The van der Waals surface area contributed by atoms with Crippen LogP contribution < -0.4 is 5.32 Å². The first-order valence-corrected chi connectivity index (χ1v) is 5.64. The third-order valence-corrected chi connectivity index (χ3v) is 2.69. The molecular weight excluding hydrogens is 218 g/mol. The van der Waals surface area contributed by atoms with E-state index in [-0.39, 0.29) is 0 Å². The van der Waals surface area contributed by atoms with Gasteiger partial charge >= 0.3 is 5.97 Å². The number of carbonyl (C=O) groups excluding carboxylic acids is 1. The molecule has 0 fully saturated rings. The van der Waals surface area contributed by atoms with Crippen LogP contribution in [0, 0.1) is 0 Å². The molecule has 0 aliphatic rings. The molecule has 0 saturated carbocycles. The number of nitrogens with one attached hydrogen (secondary N) is 1. The molecule has 1 aromatic rings. The van der Waals surface area contributed by atoms with Gasteiger partial charge < -0.3 is 10.4 Å². The van der Waals surface area contributed by atoms with Crippen LogP contribution in [-0.2, 0) is 9.59 Å². The van der Waals surface area contributed by atoms with Gasteiger partial charge in [-0.1, -0.05) is 26.0 Å². The zero-order valence-electron chi connectivity index (χ0n) is 10.1. The minimum absolute atomic E-state index is 0.485. The molecule has 0 radical (unpaired) electrons. The van der Waals surface area contributed by atoms with E-state index in [1.54, 1.807) is 12.1 Å². The number of carboxylic acid groups (broad SMARTS) is 1. The van der Waals surface area contributed by atoms with E-state index in [0.29, 0.717) is 11.6 Å². The summed E-state index contributed by atoms with van der Waals surface area (Å²) in [4.78, 5) is 21.5. The Morgan fingerprint density at radius 2 is 1.88 bits per heavy atom. The van der Waals surface area contributed by atoms with Gasteiger partial charge in [0.05, 0.1) is 0 Å². The van der Waals surface area contributed by atoms with Gasteiger partial charge in [0.2, 0.25) is 5.91 Å². The maximum Gasteiger partial charge on any atom is 0.312 e. The van der Waals surface area contributed by atoms with Crippen LogP contribution in [-0.4, -0.2) is 17.0 Å². The van der Waals surface area contributed by atoms with Gasteiger partial charge in [0.25, 0.3) is 0 Å². The molecule has 0 aromatic heterocycles. The first-order chi connectivity index (χ1) is 8.02. The maximum absolute atomic E-state index is 11.2. The number of carboxylic acids is 1. The highest BCUT2D eigenvalue weighted by Crippen LogP contribution is 2.20. The smallest absolute Gasteiger partial charge is 0.312 e. The lowest BCUT2D eigenvalue weighted by atomic mass is 9.99. The highest BCUT2D eigenvalue weighted by atomic mass is 16.4. The van der Waals surface area contributed by atoms with Crippen LogP contribution in [0.5, 0.6) is 0 Å². The van der Waals surface area contributed by atoms with E-state index < -0.39 is 18.3 Å². The fraction of sp³-hybridized carbons (Fsp3) is 0.385. The molecule has 17 heavy (non-hydrogen) atoms. The molecule has 0 aliphatic heterocycles. The average molecular weight is 235 g/mol. The highest BCUT2D eigenvalue weighted by Gasteiger charge is 2.08. The molecule has 1 rings (SSSR count). The topological polar surface area (TPSA) is 66.4 Å². The van der Waals surface area contributed by atoms with Crippen LogP contribution in [0.3, 0.4) is 0 Å². The Morgan fingerprint density at radius 1 is 1.29 bits per heavy atom. The molecule has 0 spiro atoms. The standard InChI is InChI=1S/C13H17NO3/c1-3-9(2)10-4-6-11(7-5-10)14-12(15)8-13(16)17/h4-7,9H,3,8H2,1-2H3,(H,14,15)(H,16,17). The summed E-state index contributed by atoms with van der Waals surface area (Å²) >= 11 is 0. The Hall–Kier alpha value is -1.84. The van der Waals surface area contributed by atoms with Crippen molar-refractivity contribution in [3.05, 3.63) is 29.8 Å². The summed E-state index contributed by atoms with van der Waals surface area (Å²) in [5.41, 5.74) is 1.84. The quantitative estimate of drug-likeness (QED) is 0.771. The summed E-state index contributed by atoms with van der Waals surface area (Å²) in [7, 11) is 0. The molecule has 2 N–H and O–H groups in total. The summed E-state index contributed by atoms with van der Waals surface area (Å²) in [6.07, 6.45) is 0.553. The summed E-state index contributed by atoms with van der Waals surface area (Å²) in [6.45, 7) is 4.26. The van der Waals surface area contributed by atoms with Crippen molar-refractivity contribution in [2.24, 2.45) is 0 Å². The van der Waals surface area contributed by atoms with Crippen LogP contribution in [0.4, 0.5) is 5.69 Å². The van der Waals surface area contributed by atoms with Crippen molar-refractivity contribution in [3.63, 3.8) is 0 Å². The number of hydrogen-bond acceptors (Lipinski definition) is 2. The van der Waals surface area contributed by atoms with Gasteiger partial charge in [-0.2, -0.15) is 0 Å². The number of rotatable bonds is 5. The van der Waals surface area contributed by atoms with Crippen LogP contribution in [0.25, 0.3) is 0 Å². The van der Waals surface area contributed by atoms with Crippen molar-refractivity contribution < 1.29 is 14.7 Å². The maximum atomic E-state index is 11.2. The van der Waals surface area contributed by atoms with E-state index in [0.717, 1.165) is 6.42 Å². The van der Waals surface area contributed by atoms with E-state index >= 15 is 0 Å². The number of anilines is 1. The van der Waals surface area contributed by atoms with E-state index in [9.17, 15) is 9.59 Å². The molecule has 1 unspecified atom stereocenters. The predicted octanol–water partition coefficient (Wildman–Crippen LogP) is 2.61. The molecule has 92 valence electrons. The van der Waals surface area contributed by atoms with Gasteiger partial charge in [-0.25, -0.2) is 0 Å². The molecule has 1 aromatic carbocycles. The van der Waals surface area contributed by atoms with Gasteiger partial charge in [-0.3, -0.25) is 9.59 Å². The van der Waals surface area contributed by atoms with Crippen molar-refractivity contribution in [1.29, 1.82) is 0 Å². The van der Waals surface area contributed by atoms with Crippen molar-refractivity contribution >= 4 is 17.6 Å². The molecule has 0 bridgehead atoms. The van der Waals surface area contributed by atoms with Crippen molar-refractivity contribution in [3.8, 4) is 0 Å². The monoisotopic (exact) mass is 235 g/mol. The second-order valence-electron chi connectivity index (χ2n) is 4.05. The van der Waals surface area contributed by atoms with Crippen LogP contribution in [0.1, 0.15) is 38.2 Å². The van der Waals surface area contributed by atoms with Crippen LogP contribution in [0.15, 0.2) is 24.3 Å². The molecule has 1 amide bonds. The molecule has 0 saturated heterocycles. The number of amides is 1. The summed E-state index contributed by atoms with van der Waals surface area (Å²) in [5.74, 6) is -1.15. The molecule has 0 heterocycles. The fourth-order valence-electron chi connectivity index (χ4n) is 1.47. The van der Waals surface area contributed by atoms with E-state index in [1.807, 2.05) is 12.1 Å². The second kappa shape index (κ2) is 6.03. The zero-order valence-corrected chi connectivity index (χ0v) is 10.1. The van der Waals surface area contributed by atoms with Gasteiger partial charge in [-0.05, 0) is 30.0 Å². The third kappa shape index (κ3) is 4.26. The predicted molar refractivity (Wildman–Crippen MR) is 66.0 cm³/mol. The summed E-state index contributed by atoms with van der Waals surface area (Å²) in [5, 5.41) is 11.0. The minimum atomic E-state index is -1.13. The number of benzene rings is 1. The minimum Gasteiger partial charge on any atom is -0.481 e. The van der Waals surface area contributed by atoms with Gasteiger partial charge in [-0.15, -0.1) is 0 Å². The largest absolute Gasteiger partial charge is 0.481 e. The zero-order chi connectivity index (χ0) is 12.8. The first kappa shape index (κ1) is 13.2. The molecule has 4 nitrogen and oxygen atoms in total. The molecule has 4 heteroatoms. The first-order valence-electron chi connectivity index (χ1n) is 5.64. The Labute approximate surface area is 101 Å². The van der Waals surface area contributed by atoms with Gasteiger partial charge in [0.1, 0.15) is 6.42 Å². The fourth-order valence-corrected chi connectivity index (χ4v) is 1.47. The van der Waals surface area contributed by atoms with Crippen molar-refractivity contribution in [2.45, 2.75) is 32.6 Å². The van der Waals surface area contributed by atoms with Crippen LogP contribution >= 0.6 is 0 Å². The lowest BCUT2D eigenvalue weighted by Gasteiger charge is -2.10. The van der Waals surface area contributed by atoms with Crippen LogP contribution in [0.2, 0.25) is 0 Å². The number of hydrogen-bond donors (Lipinski definition) is 2. The van der Waals surface area contributed by atoms with Crippen molar-refractivity contribution in [1.82, 2.24) is 0 Å². The SMILES string of the molecule is CCC(C)c1ccc(NC(=O)CC(=O)O)cc1. The Balaban J connectivity index is 2.62. The normalized spacial score (nSPS) is 11.9. The van der Waals surface area contributed by atoms with E-state index in [2.05, 4.69) is 19.2 Å². The van der Waals surface area contributed by atoms with Crippen molar-refractivity contribution in [2.75, 3.05) is 5.32 Å². The highest BCUT2D eigenvalue weighted by molar-refractivity contribution is 6.01. The lowest BCUT2D eigenvalue weighted by Crippen LogP contribution is -2.15. The number of carbonyl (C=O) groups is 2. The molecular formula is C13H17NO3. The Bertz CT molecular complexity index is 398. The van der Waals surface area contributed by atoms with E-state index in [1.165, 1.54) is 5.56 Å². The summed E-state index contributed by atoms with van der Waals surface area (Å²) in [6, 6.07) is 7.48.